The van der Waals surface area contributed by atoms with E-state index in [0.29, 0.717) is 5.92 Å². The minimum absolute atomic E-state index is 0.530. The fraction of sp³-hybridized carbons (Fsp3) is 0.455. The summed E-state index contributed by atoms with van der Waals surface area (Å²) in [4.78, 5) is 0. The monoisotopic (exact) mass is 257 g/mol. The Morgan fingerprint density at radius 1 is 1.50 bits per heavy atom. The molecule has 1 unspecified atom stereocenters. The molecule has 1 aromatic carbocycles. The summed E-state index contributed by atoms with van der Waals surface area (Å²) >= 11 is 3.40. The third-order valence-corrected chi connectivity index (χ3v) is 2.57. The van der Waals surface area contributed by atoms with Gasteiger partial charge in [0.1, 0.15) is 5.75 Å². The molecule has 14 heavy (non-hydrogen) atoms. The molecule has 0 aliphatic carbocycles. The highest BCUT2D eigenvalue weighted by atomic mass is 79.9. The van der Waals surface area contributed by atoms with Gasteiger partial charge in [-0.05, 0) is 37.1 Å². The average molecular weight is 258 g/mol. The van der Waals surface area contributed by atoms with E-state index in [1.807, 2.05) is 24.3 Å². The van der Waals surface area contributed by atoms with Crippen LogP contribution in [0.25, 0.3) is 0 Å². The standard InChI is InChI=1S/C11H16BrNO/c1-9(8-13)5-6-14-11-4-2-3-10(12)7-11/h2-4,7,9H,5-6,8,13H2,1H3. The fourth-order valence-corrected chi connectivity index (χ4v) is 1.43. The molecular formula is C11H16BrNO. The molecule has 0 heterocycles. The molecule has 0 spiro atoms. The Bertz CT molecular complexity index is 278. The Kier molecular flexibility index (Phi) is 4.98. The number of rotatable bonds is 5. The number of hydrogen-bond donors (Lipinski definition) is 1. The maximum absolute atomic E-state index is 5.57. The largest absolute Gasteiger partial charge is 0.494 e. The van der Waals surface area contributed by atoms with Gasteiger partial charge in [-0.25, -0.2) is 0 Å². The molecule has 0 aliphatic heterocycles. The Hall–Kier alpha value is -0.540. The van der Waals surface area contributed by atoms with Crippen LogP contribution in [0.15, 0.2) is 28.7 Å². The summed E-state index contributed by atoms with van der Waals surface area (Å²) in [5.74, 6) is 1.44. The Morgan fingerprint density at radius 2 is 2.29 bits per heavy atom. The van der Waals surface area contributed by atoms with Crippen molar-refractivity contribution in [2.24, 2.45) is 11.7 Å². The predicted molar refractivity (Wildman–Crippen MR) is 62.5 cm³/mol. The summed E-state index contributed by atoms with van der Waals surface area (Å²) in [7, 11) is 0. The molecule has 0 saturated heterocycles. The summed E-state index contributed by atoms with van der Waals surface area (Å²) in [6.07, 6.45) is 1.00. The Morgan fingerprint density at radius 3 is 2.93 bits per heavy atom. The molecule has 0 bridgehead atoms. The van der Waals surface area contributed by atoms with Crippen LogP contribution in [0.2, 0.25) is 0 Å². The van der Waals surface area contributed by atoms with Crippen LogP contribution in [0.4, 0.5) is 0 Å². The lowest BCUT2D eigenvalue weighted by atomic mass is 10.1. The van der Waals surface area contributed by atoms with E-state index in [2.05, 4.69) is 22.9 Å². The highest BCUT2D eigenvalue weighted by molar-refractivity contribution is 9.10. The van der Waals surface area contributed by atoms with Crippen LogP contribution < -0.4 is 10.5 Å². The molecule has 78 valence electrons. The SMILES string of the molecule is CC(CN)CCOc1cccc(Br)c1. The van der Waals surface area contributed by atoms with Gasteiger partial charge in [0.05, 0.1) is 6.61 Å². The summed E-state index contributed by atoms with van der Waals surface area (Å²) in [6, 6.07) is 7.87. The van der Waals surface area contributed by atoms with E-state index in [1.165, 1.54) is 0 Å². The van der Waals surface area contributed by atoms with E-state index < -0.39 is 0 Å². The van der Waals surface area contributed by atoms with Crippen LogP contribution in [-0.2, 0) is 0 Å². The minimum atomic E-state index is 0.530. The normalized spacial score (nSPS) is 12.5. The first-order valence-electron chi connectivity index (χ1n) is 4.81. The van der Waals surface area contributed by atoms with E-state index in [9.17, 15) is 0 Å². The minimum Gasteiger partial charge on any atom is -0.494 e. The third kappa shape index (κ3) is 4.11. The Balaban J connectivity index is 2.31. The lowest BCUT2D eigenvalue weighted by Gasteiger charge is -2.09. The van der Waals surface area contributed by atoms with E-state index in [0.717, 1.165) is 29.8 Å². The molecular weight excluding hydrogens is 242 g/mol. The van der Waals surface area contributed by atoms with Crippen LogP contribution in [0.5, 0.6) is 5.75 Å². The molecule has 0 amide bonds. The Labute approximate surface area is 93.6 Å². The van der Waals surface area contributed by atoms with Gasteiger partial charge in [-0.3, -0.25) is 0 Å². The van der Waals surface area contributed by atoms with E-state index in [1.54, 1.807) is 0 Å². The first-order chi connectivity index (χ1) is 6.72. The van der Waals surface area contributed by atoms with Crippen molar-refractivity contribution in [1.82, 2.24) is 0 Å². The number of halogens is 1. The second-order valence-corrected chi connectivity index (χ2v) is 4.35. The molecule has 0 aromatic heterocycles. The third-order valence-electron chi connectivity index (χ3n) is 2.08. The second-order valence-electron chi connectivity index (χ2n) is 3.44. The molecule has 1 rings (SSSR count). The molecule has 2 N–H and O–H groups in total. The van der Waals surface area contributed by atoms with Crippen LogP contribution in [-0.4, -0.2) is 13.2 Å². The molecule has 0 aliphatic rings. The maximum Gasteiger partial charge on any atom is 0.120 e. The first kappa shape index (κ1) is 11.5. The van der Waals surface area contributed by atoms with E-state index in [4.69, 9.17) is 10.5 Å². The van der Waals surface area contributed by atoms with E-state index >= 15 is 0 Å². The molecule has 2 nitrogen and oxygen atoms in total. The fourth-order valence-electron chi connectivity index (χ4n) is 1.05. The van der Waals surface area contributed by atoms with Gasteiger partial charge in [0.15, 0.2) is 0 Å². The van der Waals surface area contributed by atoms with Crippen LogP contribution in [0.3, 0.4) is 0 Å². The zero-order chi connectivity index (χ0) is 10.4. The molecule has 1 aromatic rings. The summed E-state index contributed by atoms with van der Waals surface area (Å²) < 4.78 is 6.62. The quantitative estimate of drug-likeness (QED) is 0.881. The number of nitrogens with two attached hydrogens (primary N) is 1. The van der Waals surface area contributed by atoms with Gasteiger partial charge in [-0.2, -0.15) is 0 Å². The first-order valence-corrected chi connectivity index (χ1v) is 5.60. The topological polar surface area (TPSA) is 35.2 Å². The maximum atomic E-state index is 5.57. The zero-order valence-corrected chi connectivity index (χ0v) is 9.96. The van der Waals surface area contributed by atoms with Crippen molar-refractivity contribution in [1.29, 1.82) is 0 Å². The number of ether oxygens (including phenoxy) is 1. The van der Waals surface area contributed by atoms with Gasteiger partial charge < -0.3 is 10.5 Å². The molecule has 3 heteroatoms. The zero-order valence-electron chi connectivity index (χ0n) is 8.37. The molecule has 0 saturated carbocycles. The smallest absolute Gasteiger partial charge is 0.120 e. The average Bonchev–Trinajstić information content (AvgIpc) is 2.17. The van der Waals surface area contributed by atoms with Crippen molar-refractivity contribution in [3.05, 3.63) is 28.7 Å². The van der Waals surface area contributed by atoms with Gasteiger partial charge in [0, 0.05) is 4.47 Å². The summed E-state index contributed by atoms with van der Waals surface area (Å²) in [5, 5.41) is 0. The van der Waals surface area contributed by atoms with Crippen molar-refractivity contribution in [3.8, 4) is 5.75 Å². The van der Waals surface area contributed by atoms with Gasteiger partial charge in [-0.1, -0.05) is 28.9 Å². The van der Waals surface area contributed by atoms with Gasteiger partial charge in [-0.15, -0.1) is 0 Å². The number of hydrogen-bond acceptors (Lipinski definition) is 2. The highest BCUT2D eigenvalue weighted by Crippen LogP contribution is 2.18. The van der Waals surface area contributed by atoms with Gasteiger partial charge in [0.25, 0.3) is 0 Å². The summed E-state index contributed by atoms with van der Waals surface area (Å²) in [6.45, 7) is 3.58. The van der Waals surface area contributed by atoms with E-state index in [-0.39, 0.29) is 0 Å². The van der Waals surface area contributed by atoms with Crippen LogP contribution in [0.1, 0.15) is 13.3 Å². The molecule has 0 fully saturated rings. The second kappa shape index (κ2) is 6.04. The van der Waals surface area contributed by atoms with Crippen molar-refractivity contribution in [2.75, 3.05) is 13.2 Å². The van der Waals surface area contributed by atoms with Crippen molar-refractivity contribution >= 4 is 15.9 Å². The summed E-state index contributed by atoms with van der Waals surface area (Å²) in [5.41, 5.74) is 5.51. The predicted octanol–water partition coefficient (Wildman–Crippen LogP) is 2.81. The van der Waals surface area contributed by atoms with Gasteiger partial charge >= 0.3 is 0 Å². The molecule has 0 radical (unpaired) electrons. The lowest BCUT2D eigenvalue weighted by Crippen LogP contribution is -2.13. The van der Waals surface area contributed by atoms with Crippen molar-refractivity contribution in [2.45, 2.75) is 13.3 Å². The number of benzene rings is 1. The highest BCUT2D eigenvalue weighted by Gasteiger charge is 1.99. The van der Waals surface area contributed by atoms with Crippen molar-refractivity contribution < 1.29 is 4.74 Å². The van der Waals surface area contributed by atoms with Crippen molar-refractivity contribution in [3.63, 3.8) is 0 Å². The van der Waals surface area contributed by atoms with Crippen LogP contribution in [0, 0.1) is 5.92 Å². The van der Waals surface area contributed by atoms with Gasteiger partial charge in [0.2, 0.25) is 0 Å². The van der Waals surface area contributed by atoms with Crippen LogP contribution >= 0.6 is 15.9 Å². The lowest BCUT2D eigenvalue weighted by molar-refractivity contribution is 0.285. The molecule has 1 atom stereocenters.